The van der Waals surface area contributed by atoms with Gasteiger partial charge in [-0.05, 0) is 57.9 Å². The molecule has 1 aliphatic carbocycles. The van der Waals surface area contributed by atoms with Crippen LogP contribution in [0.2, 0.25) is 0 Å². The molecular weight excluding hydrogens is 260 g/mol. The summed E-state index contributed by atoms with van der Waals surface area (Å²) in [5.41, 5.74) is 0.266. The zero-order chi connectivity index (χ0) is 14.3. The Bertz CT molecular complexity index is 354. The highest BCUT2D eigenvalue weighted by molar-refractivity contribution is 4.99. The van der Waals surface area contributed by atoms with E-state index >= 15 is 0 Å². The van der Waals surface area contributed by atoms with Crippen LogP contribution in [0.25, 0.3) is 0 Å². The smallest absolute Gasteiger partial charge is 0.0697 e. The Morgan fingerprint density at radius 2 is 1.76 bits per heavy atom. The second kappa shape index (κ2) is 5.82. The first-order valence-electron chi connectivity index (χ1n) is 9.44. The van der Waals surface area contributed by atoms with E-state index in [0.717, 1.165) is 30.8 Å². The van der Waals surface area contributed by atoms with Crippen molar-refractivity contribution in [1.82, 2.24) is 10.2 Å². The predicted molar refractivity (Wildman–Crippen MR) is 85.5 cm³/mol. The molecule has 120 valence electrons. The average Bonchev–Trinajstić information content (AvgIpc) is 3.07. The van der Waals surface area contributed by atoms with Crippen LogP contribution in [0.15, 0.2) is 0 Å². The Labute approximate surface area is 129 Å². The maximum absolute atomic E-state index is 6.25. The summed E-state index contributed by atoms with van der Waals surface area (Å²) in [6.45, 7) is 4.60. The molecule has 3 heteroatoms. The summed E-state index contributed by atoms with van der Waals surface area (Å²) in [7, 11) is 0. The minimum Gasteiger partial charge on any atom is -0.375 e. The van der Waals surface area contributed by atoms with Crippen LogP contribution in [0.4, 0.5) is 0 Å². The number of nitrogens with zero attached hydrogens (tertiary/aromatic N) is 1. The summed E-state index contributed by atoms with van der Waals surface area (Å²) in [4.78, 5) is 2.87. The lowest BCUT2D eigenvalue weighted by atomic mass is 9.86. The van der Waals surface area contributed by atoms with Gasteiger partial charge in [0.15, 0.2) is 0 Å². The second-order valence-corrected chi connectivity index (χ2v) is 7.98. The average molecular weight is 292 g/mol. The molecule has 3 unspecified atom stereocenters. The van der Waals surface area contributed by atoms with Crippen molar-refractivity contribution < 1.29 is 4.74 Å². The molecule has 0 aromatic carbocycles. The summed E-state index contributed by atoms with van der Waals surface area (Å²) in [5, 5.41) is 3.80. The minimum absolute atomic E-state index is 0.266. The molecule has 3 atom stereocenters. The largest absolute Gasteiger partial charge is 0.375 e. The first-order valence-corrected chi connectivity index (χ1v) is 9.44. The Morgan fingerprint density at radius 1 is 1.05 bits per heavy atom. The van der Waals surface area contributed by atoms with Gasteiger partial charge < -0.3 is 10.1 Å². The Kier molecular flexibility index (Phi) is 4.01. The van der Waals surface area contributed by atoms with Gasteiger partial charge in [0.1, 0.15) is 0 Å². The van der Waals surface area contributed by atoms with E-state index in [4.69, 9.17) is 4.74 Å². The van der Waals surface area contributed by atoms with E-state index in [1.54, 1.807) is 0 Å². The van der Waals surface area contributed by atoms with Crippen LogP contribution >= 0.6 is 0 Å². The molecule has 0 radical (unpaired) electrons. The molecule has 3 nitrogen and oxygen atoms in total. The molecule has 0 aromatic heterocycles. The Hall–Kier alpha value is -0.120. The molecule has 4 fully saturated rings. The van der Waals surface area contributed by atoms with Gasteiger partial charge in [-0.2, -0.15) is 0 Å². The van der Waals surface area contributed by atoms with Crippen molar-refractivity contribution in [3.05, 3.63) is 0 Å². The van der Waals surface area contributed by atoms with Crippen LogP contribution in [0.3, 0.4) is 0 Å². The Morgan fingerprint density at radius 3 is 2.43 bits per heavy atom. The SMILES string of the molecule is CCN(C1CC2CCC(C1)N2)C1CCOC2(CCCC2)C1. The maximum Gasteiger partial charge on any atom is 0.0697 e. The molecule has 4 rings (SSSR count). The van der Waals surface area contributed by atoms with E-state index in [2.05, 4.69) is 17.1 Å². The zero-order valence-electron chi connectivity index (χ0n) is 13.7. The van der Waals surface area contributed by atoms with E-state index < -0.39 is 0 Å². The lowest BCUT2D eigenvalue weighted by molar-refractivity contribution is -0.108. The highest BCUT2D eigenvalue weighted by atomic mass is 16.5. The molecule has 1 saturated carbocycles. The fourth-order valence-corrected chi connectivity index (χ4v) is 5.77. The van der Waals surface area contributed by atoms with Crippen molar-refractivity contribution in [2.45, 2.75) is 101 Å². The van der Waals surface area contributed by atoms with Gasteiger partial charge in [0.05, 0.1) is 5.60 Å². The summed E-state index contributed by atoms with van der Waals surface area (Å²) in [6, 6.07) is 3.23. The number of hydrogen-bond acceptors (Lipinski definition) is 3. The van der Waals surface area contributed by atoms with Crippen molar-refractivity contribution in [3.8, 4) is 0 Å². The Balaban J connectivity index is 1.45. The quantitative estimate of drug-likeness (QED) is 0.865. The fraction of sp³-hybridized carbons (Fsp3) is 1.00. The van der Waals surface area contributed by atoms with Gasteiger partial charge in [-0.1, -0.05) is 19.8 Å². The topological polar surface area (TPSA) is 24.5 Å². The molecule has 0 amide bonds. The van der Waals surface area contributed by atoms with Crippen molar-refractivity contribution in [2.24, 2.45) is 0 Å². The molecular formula is C18H32N2O. The van der Waals surface area contributed by atoms with Crippen molar-refractivity contribution in [1.29, 1.82) is 0 Å². The van der Waals surface area contributed by atoms with Crippen LogP contribution in [-0.2, 0) is 4.74 Å². The normalized spacial score (nSPS) is 42.0. The minimum atomic E-state index is 0.266. The number of hydrogen-bond donors (Lipinski definition) is 1. The van der Waals surface area contributed by atoms with Gasteiger partial charge in [0.25, 0.3) is 0 Å². The second-order valence-electron chi connectivity index (χ2n) is 7.98. The van der Waals surface area contributed by atoms with E-state index in [0.29, 0.717) is 0 Å². The third kappa shape index (κ3) is 2.77. The number of piperidine rings is 1. The highest BCUT2D eigenvalue weighted by Gasteiger charge is 2.44. The third-order valence-corrected chi connectivity index (χ3v) is 6.73. The number of rotatable bonds is 3. The summed E-state index contributed by atoms with van der Waals surface area (Å²) >= 11 is 0. The summed E-state index contributed by atoms with van der Waals surface area (Å²) in [6.07, 6.45) is 13.6. The monoisotopic (exact) mass is 292 g/mol. The standard InChI is InChI=1S/C18H32N2O/c1-2-20(17-11-14-5-6-15(12-17)19-14)16-7-10-21-18(13-16)8-3-4-9-18/h14-17,19H,2-13H2,1H3. The van der Waals surface area contributed by atoms with Crippen molar-refractivity contribution in [3.63, 3.8) is 0 Å². The van der Waals surface area contributed by atoms with Crippen molar-refractivity contribution in [2.75, 3.05) is 13.2 Å². The van der Waals surface area contributed by atoms with Crippen molar-refractivity contribution >= 4 is 0 Å². The van der Waals surface area contributed by atoms with Crippen LogP contribution in [0, 0.1) is 0 Å². The molecule has 1 spiro atoms. The predicted octanol–water partition coefficient (Wildman–Crippen LogP) is 3.08. The number of ether oxygens (including phenoxy) is 1. The number of fused-ring (bicyclic) bond motifs is 2. The number of nitrogens with one attached hydrogen (secondary N) is 1. The lowest BCUT2D eigenvalue weighted by Crippen LogP contribution is -2.55. The van der Waals surface area contributed by atoms with E-state index in [1.807, 2.05) is 0 Å². The van der Waals surface area contributed by atoms with Gasteiger partial charge in [0, 0.05) is 30.8 Å². The zero-order valence-corrected chi connectivity index (χ0v) is 13.7. The van der Waals surface area contributed by atoms with Gasteiger partial charge in [-0.15, -0.1) is 0 Å². The maximum atomic E-state index is 6.25. The summed E-state index contributed by atoms with van der Waals surface area (Å²) < 4.78 is 6.25. The van der Waals surface area contributed by atoms with Crippen LogP contribution in [0.1, 0.15) is 71.1 Å². The molecule has 21 heavy (non-hydrogen) atoms. The lowest BCUT2D eigenvalue weighted by Gasteiger charge is -2.47. The molecule has 1 N–H and O–H groups in total. The van der Waals surface area contributed by atoms with Crippen LogP contribution in [-0.4, -0.2) is 47.8 Å². The first-order chi connectivity index (χ1) is 10.3. The third-order valence-electron chi connectivity index (χ3n) is 6.73. The van der Waals surface area contributed by atoms with E-state index in [9.17, 15) is 0 Å². The van der Waals surface area contributed by atoms with Crippen LogP contribution in [0.5, 0.6) is 0 Å². The van der Waals surface area contributed by atoms with E-state index in [1.165, 1.54) is 70.8 Å². The van der Waals surface area contributed by atoms with E-state index in [-0.39, 0.29) is 5.60 Å². The molecule has 4 aliphatic rings. The van der Waals surface area contributed by atoms with Gasteiger partial charge in [-0.25, -0.2) is 0 Å². The van der Waals surface area contributed by atoms with Gasteiger partial charge in [0.2, 0.25) is 0 Å². The molecule has 2 bridgehead atoms. The first kappa shape index (κ1) is 14.5. The molecule has 0 aromatic rings. The molecule has 3 aliphatic heterocycles. The summed E-state index contributed by atoms with van der Waals surface area (Å²) in [5.74, 6) is 0. The van der Waals surface area contributed by atoms with Crippen LogP contribution < -0.4 is 5.32 Å². The van der Waals surface area contributed by atoms with Gasteiger partial charge >= 0.3 is 0 Å². The highest BCUT2D eigenvalue weighted by Crippen LogP contribution is 2.42. The van der Waals surface area contributed by atoms with Gasteiger partial charge in [-0.3, -0.25) is 4.90 Å². The molecule has 3 saturated heterocycles. The molecule has 3 heterocycles. The fourth-order valence-electron chi connectivity index (χ4n) is 5.77.